The summed E-state index contributed by atoms with van der Waals surface area (Å²) in [5, 5.41) is 4.09. The summed E-state index contributed by atoms with van der Waals surface area (Å²) in [7, 11) is 0. The Morgan fingerprint density at radius 3 is 1.79 bits per heavy atom. The molecule has 126 valence electrons. The summed E-state index contributed by atoms with van der Waals surface area (Å²) in [5.41, 5.74) is 8.51. The van der Waals surface area contributed by atoms with Crippen LogP contribution in [0.4, 0.5) is 11.4 Å². The van der Waals surface area contributed by atoms with E-state index in [2.05, 4.69) is 63.3 Å². The summed E-state index contributed by atoms with van der Waals surface area (Å²) >= 11 is 6.58. The van der Waals surface area contributed by atoms with E-state index >= 15 is 0 Å². The highest BCUT2D eigenvalue weighted by Crippen LogP contribution is 2.27. The maximum Gasteiger partial charge on any atom is 0.0807 e. The lowest BCUT2D eigenvalue weighted by Crippen LogP contribution is -2.05. The molecule has 0 saturated carbocycles. The van der Waals surface area contributed by atoms with Crippen LogP contribution in [0.3, 0.4) is 0 Å². The van der Waals surface area contributed by atoms with Crippen LogP contribution in [0.2, 0.25) is 0 Å². The van der Waals surface area contributed by atoms with Gasteiger partial charge in [-0.25, -0.2) is 0 Å². The normalized spacial score (nSPS) is 12.9. The molecule has 2 aromatic carbocycles. The number of aliphatic imine (C=N–C) groups is 1. The van der Waals surface area contributed by atoms with Crippen LogP contribution in [-0.2, 0) is 0 Å². The zero-order chi connectivity index (χ0) is 17.9. The standard InChI is InChI=1S/C21H25ClN2/c1-13-9-7-10-14(2)20(13)23-17(5)19(22)18(6)24-21-15(3)11-8-12-16(21)4/h7-12,23H,1-6H3/b19-17-,24-18?. The number of para-hydroxylation sites is 2. The van der Waals surface area contributed by atoms with Crippen molar-refractivity contribution in [2.24, 2.45) is 4.99 Å². The molecule has 0 aromatic heterocycles. The molecule has 24 heavy (non-hydrogen) atoms. The summed E-state index contributed by atoms with van der Waals surface area (Å²) in [6.07, 6.45) is 0. The van der Waals surface area contributed by atoms with Gasteiger partial charge in [0.05, 0.1) is 16.4 Å². The molecular formula is C21H25ClN2. The maximum absolute atomic E-state index is 6.58. The molecule has 0 aliphatic carbocycles. The second-order valence-electron chi connectivity index (χ2n) is 6.27. The van der Waals surface area contributed by atoms with Crippen LogP contribution in [0.5, 0.6) is 0 Å². The zero-order valence-corrected chi connectivity index (χ0v) is 16.0. The van der Waals surface area contributed by atoms with E-state index in [9.17, 15) is 0 Å². The van der Waals surface area contributed by atoms with Crippen molar-refractivity contribution in [1.82, 2.24) is 0 Å². The molecular weight excluding hydrogens is 316 g/mol. The molecule has 0 heterocycles. The predicted octanol–water partition coefficient (Wildman–Crippen LogP) is 6.60. The number of anilines is 1. The van der Waals surface area contributed by atoms with Crippen molar-refractivity contribution in [2.75, 3.05) is 5.32 Å². The third-order valence-corrected chi connectivity index (χ3v) is 4.72. The molecule has 0 spiro atoms. The number of benzene rings is 2. The van der Waals surface area contributed by atoms with Gasteiger partial charge >= 0.3 is 0 Å². The van der Waals surface area contributed by atoms with E-state index in [4.69, 9.17) is 16.6 Å². The molecule has 2 nitrogen and oxygen atoms in total. The number of hydrogen-bond acceptors (Lipinski definition) is 2. The van der Waals surface area contributed by atoms with Gasteiger partial charge in [-0.3, -0.25) is 4.99 Å². The molecule has 0 unspecified atom stereocenters. The molecule has 3 heteroatoms. The molecule has 2 rings (SSSR count). The first kappa shape index (κ1) is 18.3. The van der Waals surface area contributed by atoms with Crippen LogP contribution in [0, 0.1) is 27.7 Å². The first-order valence-electron chi connectivity index (χ1n) is 8.12. The van der Waals surface area contributed by atoms with Crippen molar-refractivity contribution in [2.45, 2.75) is 41.5 Å². The highest BCUT2D eigenvalue weighted by Gasteiger charge is 2.09. The lowest BCUT2D eigenvalue weighted by molar-refractivity contribution is 1.29. The molecule has 0 aliphatic heterocycles. The van der Waals surface area contributed by atoms with Crippen LogP contribution < -0.4 is 5.32 Å². The second kappa shape index (κ2) is 7.67. The Bertz CT molecular complexity index is 776. The minimum absolute atomic E-state index is 0.653. The van der Waals surface area contributed by atoms with Gasteiger partial charge in [0.2, 0.25) is 0 Å². The fraction of sp³-hybridized carbons (Fsp3) is 0.286. The van der Waals surface area contributed by atoms with Gasteiger partial charge in [0.15, 0.2) is 0 Å². The first-order valence-corrected chi connectivity index (χ1v) is 8.50. The van der Waals surface area contributed by atoms with Gasteiger partial charge in [0, 0.05) is 11.4 Å². The lowest BCUT2D eigenvalue weighted by Gasteiger charge is -2.15. The summed E-state index contributed by atoms with van der Waals surface area (Å²) in [6, 6.07) is 12.4. The van der Waals surface area contributed by atoms with E-state index in [0.717, 1.165) is 33.9 Å². The summed E-state index contributed by atoms with van der Waals surface area (Å²) in [5.74, 6) is 0. The SMILES string of the molecule is CC(=Nc1c(C)cccc1C)/C(Cl)=C(\C)Nc1c(C)cccc1C. The fourth-order valence-corrected chi connectivity index (χ4v) is 2.81. The van der Waals surface area contributed by atoms with E-state index in [0.29, 0.717) is 5.03 Å². The van der Waals surface area contributed by atoms with Crippen molar-refractivity contribution < 1.29 is 0 Å². The molecule has 1 N–H and O–H groups in total. The van der Waals surface area contributed by atoms with E-state index in [1.165, 1.54) is 11.1 Å². The third-order valence-electron chi connectivity index (χ3n) is 4.16. The number of aryl methyl sites for hydroxylation is 4. The quantitative estimate of drug-likeness (QED) is 0.623. The molecule has 0 atom stereocenters. The zero-order valence-electron chi connectivity index (χ0n) is 15.3. The third kappa shape index (κ3) is 4.07. The van der Waals surface area contributed by atoms with Crippen molar-refractivity contribution in [3.63, 3.8) is 0 Å². The van der Waals surface area contributed by atoms with Crippen molar-refractivity contribution in [3.8, 4) is 0 Å². The molecule has 0 fully saturated rings. The Morgan fingerprint density at radius 2 is 1.29 bits per heavy atom. The van der Waals surface area contributed by atoms with E-state index in [1.807, 2.05) is 19.9 Å². The van der Waals surface area contributed by atoms with E-state index in [-0.39, 0.29) is 0 Å². The molecule has 0 radical (unpaired) electrons. The average Bonchev–Trinajstić information content (AvgIpc) is 2.53. The number of rotatable bonds is 4. The minimum Gasteiger partial charge on any atom is -0.357 e. The topological polar surface area (TPSA) is 24.4 Å². The number of allylic oxidation sites excluding steroid dienone is 2. The Morgan fingerprint density at radius 1 is 0.833 bits per heavy atom. The largest absolute Gasteiger partial charge is 0.357 e. The maximum atomic E-state index is 6.58. The van der Waals surface area contributed by atoms with E-state index < -0.39 is 0 Å². The van der Waals surface area contributed by atoms with Crippen LogP contribution >= 0.6 is 11.6 Å². The monoisotopic (exact) mass is 340 g/mol. The van der Waals surface area contributed by atoms with Crippen LogP contribution in [0.1, 0.15) is 36.1 Å². The Kier molecular flexibility index (Phi) is 5.84. The number of halogens is 1. The summed E-state index contributed by atoms with van der Waals surface area (Å²) < 4.78 is 0. The van der Waals surface area contributed by atoms with E-state index in [1.54, 1.807) is 0 Å². The number of hydrogen-bond donors (Lipinski definition) is 1. The van der Waals surface area contributed by atoms with Gasteiger partial charge in [0.1, 0.15) is 0 Å². The lowest BCUT2D eigenvalue weighted by atomic mass is 10.1. The minimum atomic E-state index is 0.653. The molecule has 2 aromatic rings. The van der Waals surface area contributed by atoms with Crippen LogP contribution in [-0.4, -0.2) is 5.71 Å². The van der Waals surface area contributed by atoms with Gasteiger partial charge in [0.25, 0.3) is 0 Å². The highest BCUT2D eigenvalue weighted by molar-refractivity contribution is 6.43. The van der Waals surface area contributed by atoms with Crippen LogP contribution in [0.15, 0.2) is 52.1 Å². The summed E-state index contributed by atoms with van der Waals surface area (Å²) in [4.78, 5) is 4.75. The van der Waals surface area contributed by atoms with Gasteiger partial charge in [-0.2, -0.15) is 0 Å². The second-order valence-corrected chi connectivity index (χ2v) is 6.65. The van der Waals surface area contributed by atoms with Gasteiger partial charge < -0.3 is 5.32 Å². The van der Waals surface area contributed by atoms with Gasteiger partial charge in [-0.1, -0.05) is 48.0 Å². The molecule has 0 saturated heterocycles. The first-order chi connectivity index (χ1) is 11.3. The van der Waals surface area contributed by atoms with Gasteiger partial charge in [-0.15, -0.1) is 0 Å². The van der Waals surface area contributed by atoms with Crippen molar-refractivity contribution in [3.05, 3.63) is 69.4 Å². The smallest absolute Gasteiger partial charge is 0.0807 e. The average molecular weight is 341 g/mol. The number of nitrogens with one attached hydrogen (secondary N) is 1. The number of nitrogens with zero attached hydrogens (tertiary/aromatic N) is 1. The van der Waals surface area contributed by atoms with Crippen molar-refractivity contribution in [1.29, 1.82) is 0 Å². The molecule has 0 aliphatic rings. The fourth-order valence-electron chi connectivity index (χ4n) is 2.72. The molecule has 0 bridgehead atoms. The predicted molar refractivity (Wildman–Crippen MR) is 107 cm³/mol. The van der Waals surface area contributed by atoms with Gasteiger partial charge in [-0.05, 0) is 63.8 Å². The Hall–Kier alpha value is -2.06. The Labute approximate surface area is 150 Å². The van der Waals surface area contributed by atoms with Crippen LogP contribution in [0.25, 0.3) is 0 Å². The van der Waals surface area contributed by atoms with Crippen molar-refractivity contribution >= 4 is 28.7 Å². The summed E-state index contributed by atoms with van der Waals surface area (Å²) in [6.45, 7) is 12.3. The highest BCUT2D eigenvalue weighted by atomic mass is 35.5. The molecule has 0 amide bonds. The Balaban J connectivity index is 2.36.